The summed E-state index contributed by atoms with van der Waals surface area (Å²) in [6.07, 6.45) is 0. The average molecular weight is 202 g/mol. The second-order valence-corrected chi connectivity index (χ2v) is 3.44. The number of halogens is 1. The maximum atomic E-state index is 6.01. The van der Waals surface area contributed by atoms with Gasteiger partial charge in [0, 0.05) is 6.54 Å². The van der Waals surface area contributed by atoms with E-state index in [-0.39, 0.29) is 0 Å². The molecule has 0 fully saturated rings. The van der Waals surface area contributed by atoms with Gasteiger partial charge in [-0.3, -0.25) is 4.68 Å². The zero-order valence-corrected chi connectivity index (χ0v) is 9.15. The topological polar surface area (TPSA) is 29.9 Å². The highest BCUT2D eigenvalue weighted by Crippen LogP contribution is 2.18. The molecule has 4 heteroatoms. The predicted molar refractivity (Wildman–Crippen MR) is 55.3 cm³/mol. The summed E-state index contributed by atoms with van der Waals surface area (Å²) in [5.74, 6) is 0. The Morgan fingerprint density at radius 2 is 2.15 bits per heavy atom. The van der Waals surface area contributed by atoms with Gasteiger partial charge in [0.05, 0.1) is 23.0 Å². The maximum absolute atomic E-state index is 6.01. The van der Waals surface area contributed by atoms with E-state index in [0.717, 1.165) is 36.0 Å². The van der Waals surface area contributed by atoms with Crippen LogP contribution in [0, 0.1) is 13.8 Å². The van der Waals surface area contributed by atoms with Crippen molar-refractivity contribution in [3.8, 4) is 0 Å². The number of hydrogen-bond acceptors (Lipinski definition) is 2. The quantitative estimate of drug-likeness (QED) is 0.753. The molecule has 1 rings (SSSR count). The van der Waals surface area contributed by atoms with Gasteiger partial charge in [0.25, 0.3) is 0 Å². The first-order valence-corrected chi connectivity index (χ1v) is 4.94. The van der Waals surface area contributed by atoms with Gasteiger partial charge < -0.3 is 5.32 Å². The first-order valence-electron chi connectivity index (χ1n) is 4.57. The van der Waals surface area contributed by atoms with Crippen LogP contribution in [-0.4, -0.2) is 22.9 Å². The highest BCUT2D eigenvalue weighted by Gasteiger charge is 2.07. The van der Waals surface area contributed by atoms with Crippen molar-refractivity contribution in [2.45, 2.75) is 27.3 Å². The van der Waals surface area contributed by atoms with E-state index in [4.69, 9.17) is 11.6 Å². The summed E-state index contributed by atoms with van der Waals surface area (Å²) in [6.45, 7) is 8.83. The number of nitrogens with zero attached hydrogens (tertiary/aromatic N) is 2. The molecule has 0 bridgehead atoms. The molecule has 0 aliphatic heterocycles. The molecule has 0 atom stereocenters. The molecule has 0 aliphatic rings. The zero-order valence-electron chi connectivity index (χ0n) is 8.39. The number of aromatic nitrogens is 2. The minimum absolute atomic E-state index is 0.788. The summed E-state index contributed by atoms with van der Waals surface area (Å²) < 4.78 is 1.94. The number of hydrogen-bond donors (Lipinski definition) is 1. The van der Waals surface area contributed by atoms with Gasteiger partial charge in [-0.15, -0.1) is 0 Å². The number of rotatable bonds is 4. The fourth-order valence-corrected chi connectivity index (χ4v) is 1.39. The molecular formula is C9H16ClN3. The Balaban J connectivity index is 2.61. The van der Waals surface area contributed by atoms with Crippen molar-refractivity contribution in [3.63, 3.8) is 0 Å². The van der Waals surface area contributed by atoms with Crippen molar-refractivity contribution in [2.24, 2.45) is 0 Å². The third-order valence-electron chi connectivity index (χ3n) is 2.04. The molecule has 1 N–H and O–H groups in total. The van der Waals surface area contributed by atoms with Crippen LogP contribution in [0.3, 0.4) is 0 Å². The first kappa shape index (κ1) is 10.5. The molecule has 1 aromatic rings. The minimum atomic E-state index is 0.788. The summed E-state index contributed by atoms with van der Waals surface area (Å²) in [5.41, 5.74) is 1.97. The Labute approximate surface area is 84.1 Å². The van der Waals surface area contributed by atoms with Gasteiger partial charge in [0.15, 0.2) is 0 Å². The van der Waals surface area contributed by atoms with Crippen LogP contribution in [0.2, 0.25) is 5.02 Å². The van der Waals surface area contributed by atoms with E-state index in [1.54, 1.807) is 0 Å². The lowest BCUT2D eigenvalue weighted by Crippen LogP contribution is -2.20. The molecule has 13 heavy (non-hydrogen) atoms. The van der Waals surface area contributed by atoms with E-state index in [1.165, 1.54) is 0 Å². The molecule has 3 nitrogen and oxygen atoms in total. The largest absolute Gasteiger partial charge is 0.315 e. The van der Waals surface area contributed by atoms with Gasteiger partial charge in [-0.05, 0) is 20.4 Å². The van der Waals surface area contributed by atoms with Crippen LogP contribution in [0.1, 0.15) is 18.3 Å². The van der Waals surface area contributed by atoms with Gasteiger partial charge in [-0.2, -0.15) is 5.10 Å². The second-order valence-electron chi connectivity index (χ2n) is 3.06. The van der Waals surface area contributed by atoms with Crippen molar-refractivity contribution in [1.29, 1.82) is 0 Å². The molecule has 0 unspecified atom stereocenters. The standard InChI is InChI=1S/C9H16ClN3/c1-4-11-5-6-13-8(3)9(10)7(2)12-13/h11H,4-6H2,1-3H3. The fourth-order valence-electron chi connectivity index (χ4n) is 1.25. The van der Waals surface area contributed by atoms with Crippen LogP contribution < -0.4 is 5.32 Å². The SMILES string of the molecule is CCNCCn1nc(C)c(Cl)c1C. The third kappa shape index (κ3) is 2.45. The van der Waals surface area contributed by atoms with Crippen LogP contribution in [0.4, 0.5) is 0 Å². The van der Waals surface area contributed by atoms with E-state index in [9.17, 15) is 0 Å². The van der Waals surface area contributed by atoms with Gasteiger partial charge in [0.2, 0.25) is 0 Å². The highest BCUT2D eigenvalue weighted by molar-refractivity contribution is 6.31. The van der Waals surface area contributed by atoms with Crippen molar-refractivity contribution in [2.75, 3.05) is 13.1 Å². The maximum Gasteiger partial charge on any atom is 0.0844 e. The highest BCUT2D eigenvalue weighted by atomic mass is 35.5. The van der Waals surface area contributed by atoms with Crippen LogP contribution in [0.25, 0.3) is 0 Å². The molecule has 0 saturated carbocycles. The third-order valence-corrected chi connectivity index (χ3v) is 2.59. The number of likely N-dealkylation sites (N-methyl/N-ethyl adjacent to an activating group) is 1. The van der Waals surface area contributed by atoms with Crippen LogP contribution in [0.15, 0.2) is 0 Å². The molecular weight excluding hydrogens is 186 g/mol. The lowest BCUT2D eigenvalue weighted by Gasteiger charge is -2.04. The number of nitrogens with one attached hydrogen (secondary N) is 1. The van der Waals surface area contributed by atoms with Gasteiger partial charge in [-0.25, -0.2) is 0 Å². The molecule has 1 heterocycles. The predicted octanol–water partition coefficient (Wildman–Crippen LogP) is 1.76. The van der Waals surface area contributed by atoms with Gasteiger partial charge in [-0.1, -0.05) is 18.5 Å². The smallest absolute Gasteiger partial charge is 0.0844 e. The lowest BCUT2D eigenvalue weighted by atomic mass is 10.4. The normalized spacial score (nSPS) is 10.8. The molecule has 0 aliphatic carbocycles. The Bertz CT molecular complexity index is 281. The van der Waals surface area contributed by atoms with Gasteiger partial charge in [0.1, 0.15) is 0 Å². The molecule has 0 aromatic carbocycles. The van der Waals surface area contributed by atoms with Crippen LogP contribution >= 0.6 is 11.6 Å². The van der Waals surface area contributed by atoms with Crippen molar-refractivity contribution < 1.29 is 0 Å². The molecule has 0 amide bonds. The summed E-state index contributed by atoms with van der Waals surface area (Å²) in [7, 11) is 0. The molecule has 0 spiro atoms. The molecule has 0 saturated heterocycles. The number of aryl methyl sites for hydroxylation is 1. The van der Waals surface area contributed by atoms with Crippen LogP contribution in [0.5, 0.6) is 0 Å². The Morgan fingerprint density at radius 1 is 1.46 bits per heavy atom. The van der Waals surface area contributed by atoms with E-state index >= 15 is 0 Å². The Morgan fingerprint density at radius 3 is 2.62 bits per heavy atom. The monoisotopic (exact) mass is 201 g/mol. The summed E-state index contributed by atoms with van der Waals surface area (Å²) >= 11 is 6.01. The fraction of sp³-hybridized carbons (Fsp3) is 0.667. The molecule has 74 valence electrons. The van der Waals surface area contributed by atoms with Crippen LogP contribution in [-0.2, 0) is 6.54 Å². The summed E-state index contributed by atoms with van der Waals surface area (Å²) in [6, 6.07) is 0. The van der Waals surface area contributed by atoms with Gasteiger partial charge >= 0.3 is 0 Å². The second kappa shape index (κ2) is 4.63. The van der Waals surface area contributed by atoms with E-state index < -0.39 is 0 Å². The Hall–Kier alpha value is -0.540. The van der Waals surface area contributed by atoms with E-state index in [1.807, 2.05) is 18.5 Å². The summed E-state index contributed by atoms with van der Waals surface area (Å²) in [4.78, 5) is 0. The average Bonchev–Trinajstić information content (AvgIpc) is 2.34. The summed E-state index contributed by atoms with van der Waals surface area (Å²) in [5, 5.41) is 8.36. The first-order chi connectivity index (χ1) is 6.16. The lowest BCUT2D eigenvalue weighted by molar-refractivity contribution is 0.552. The van der Waals surface area contributed by atoms with Crippen molar-refractivity contribution in [1.82, 2.24) is 15.1 Å². The molecule has 0 radical (unpaired) electrons. The van der Waals surface area contributed by atoms with E-state index in [2.05, 4.69) is 17.3 Å². The Kier molecular flexibility index (Phi) is 3.75. The van der Waals surface area contributed by atoms with E-state index in [0.29, 0.717) is 0 Å². The molecule has 1 aromatic heterocycles. The zero-order chi connectivity index (χ0) is 9.84. The van der Waals surface area contributed by atoms with Crippen molar-refractivity contribution in [3.05, 3.63) is 16.4 Å². The minimum Gasteiger partial charge on any atom is -0.315 e. The van der Waals surface area contributed by atoms with Crippen molar-refractivity contribution >= 4 is 11.6 Å².